The van der Waals surface area contributed by atoms with Crippen molar-refractivity contribution in [2.45, 2.75) is 20.4 Å². The zero-order chi connectivity index (χ0) is 23.6. The van der Waals surface area contributed by atoms with Crippen molar-refractivity contribution in [2.24, 2.45) is 11.7 Å². The van der Waals surface area contributed by atoms with Gasteiger partial charge in [0.1, 0.15) is 17.4 Å². The molecule has 3 aromatic rings. The van der Waals surface area contributed by atoms with Crippen molar-refractivity contribution in [2.75, 3.05) is 18.6 Å². The number of pyridine rings is 1. The van der Waals surface area contributed by atoms with Crippen LogP contribution in [0.4, 0.5) is 15.0 Å². The van der Waals surface area contributed by atoms with Gasteiger partial charge in [0.05, 0.1) is 0 Å². The molecule has 0 fully saturated rings. The lowest BCUT2D eigenvalue weighted by molar-refractivity contribution is -0.119. The molecule has 0 saturated carbocycles. The van der Waals surface area contributed by atoms with E-state index >= 15 is 0 Å². The Morgan fingerprint density at radius 1 is 1.16 bits per heavy atom. The van der Waals surface area contributed by atoms with Crippen LogP contribution in [0.3, 0.4) is 0 Å². The fourth-order valence-electron chi connectivity index (χ4n) is 3.53. The van der Waals surface area contributed by atoms with E-state index in [9.17, 15) is 23.9 Å². The lowest BCUT2D eigenvalue weighted by atomic mass is 9.98. The molecule has 3 N–H and O–H groups in total. The lowest BCUT2D eigenvalue weighted by Gasteiger charge is -2.26. The number of primary amides is 1. The maximum Gasteiger partial charge on any atom is 0.412 e. The van der Waals surface area contributed by atoms with E-state index in [1.165, 1.54) is 35.9 Å². The van der Waals surface area contributed by atoms with Crippen molar-refractivity contribution >= 4 is 28.6 Å². The second kappa shape index (κ2) is 9.09. The summed E-state index contributed by atoms with van der Waals surface area (Å²) in [6.07, 6.45) is -1.26. The van der Waals surface area contributed by atoms with Crippen LogP contribution in [0.5, 0.6) is 5.75 Å². The van der Waals surface area contributed by atoms with E-state index in [4.69, 9.17) is 10.5 Å². The Labute approximate surface area is 183 Å². The first-order chi connectivity index (χ1) is 15.1. The molecular formula is C23H24FN3O5. The van der Waals surface area contributed by atoms with E-state index in [0.29, 0.717) is 21.9 Å². The Morgan fingerprint density at radius 2 is 1.81 bits per heavy atom. The van der Waals surface area contributed by atoms with E-state index in [1.807, 2.05) is 13.8 Å². The number of aromatic nitrogens is 1. The van der Waals surface area contributed by atoms with Crippen molar-refractivity contribution in [3.63, 3.8) is 0 Å². The Balaban J connectivity index is 2.45. The van der Waals surface area contributed by atoms with E-state index in [2.05, 4.69) is 0 Å². The highest BCUT2D eigenvalue weighted by molar-refractivity contribution is 6.05. The van der Waals surface area contributed by atoms with Crippen molar-refractivity contribution < 1.29 is 23.8 Å². The number of hydrogen-bond donors (Lipinski definition) is 2. The van der Waals surface area contributed by atoms with Gasteiger partial charge in [-0.25, -0.2) is 9.18 Å². The molecule has 9 heteroatoms. The highest BCUT2D eigenvalue weighted by atomic mass is 19.1. The molecule has 168 valence electrons. The summed E-state index contributed by atoms with van der Waals surface area (Å²) in [5.41, 5.74) is 5.72. The van der Waals surface area contributed by atoms with Crippen molar-refractivity contribution in [3.8, 4) is 16.9 Å². The summed E-state index contributed by atoms with van der Waals surface area (Å²) in [6.45, 7) is 3.75. The van der Waals surface area contributed by atoms with Gasteiger partial charge in [-0.05, 0) is 41.8 Å². The second-order valence-electron chi connectivity index (χ2n) is 7.82. The zero-order valence-corrected chi connectivity index (χ0v) is 18.0. The SMILES string of the molecule is CC(C)Cn1c(N(C)C(=O)O)c(-c2ccc(F)cc2)c2cc(OCC(N)=O)ccc2c1=O. The van der Waals surface area contributed by atoms with Gasteiger partial charge in [0.25, 0.3) is 11.5 Å². The Morgan fingerprint density at radius 3 is 2.38 bits per heavy atom. The molecule has 1 aromatic heterocycles. The number of nitrogens with two attached hydrogens (primary N) is 1. The Kier molecular flexibility index (Phi) is 6.47. The number of nitrogens with zero attached hydrogens (tertiary/aromatic N) is 2. The van der Waals surface area contributed by atoms with Gasteiger partial charge < -0.3 is 15.6 Å². The summed E-state index contributed by atoms with van der Waals surface area (Å²) in [6, 6.07) is 10.2. The summed E-state index contributed by atoms with van der Waals surface area (Å²) < 4.78 is 20.5. The van der Waals surface area contributed by atoms with Crippen molar-refractivity contribution in [1.82, 2.24) is 4.57 Å². The van der Waals surface area contributed by atoms with Crippen LogP contribution in [0.1, 0.15) is 13.8 Å². The monoisotopic (exact) mass is 441 g/mol. The second-order valence-corrected chi connectivity index (χ2v) is 7.82. The van der Waals surface area contributed by atoms with Gasteiger partial charge in [-0.15, -0.1) is 0 Å². The minimum Gasteiger partial charge on any atom is -0.484 e. The van der Waals surface area contributed by atoms with Crippen LogP contribution in [0, 0.1) is 11.7 Å². The maximum atomic E-state index is 13.6. The number of halogens is 1. The summed E-state index contributed by atoms with van der Waals surface area (Å²) in [5, 5.41) is 10.5. The van der Waals surface area contributed by atoms with Crippen LogP contribution in [-0.2, 0) is 11.3 Å². The third-order valence-corrected chi connectivity index (χ3v) is 4.88. The average Bonchev–Trinajstić information content (AvgIpc) is 2.73. The van der Waals surface area contributed by atoms with Crippen LogP contribution in [0.2, 0.25) is 0 Å². The molecule has 1 heterocycles. The van der Waals surface area contributed by atoms with Crippen LogP contribution in [0.15, 0.2) is 47.3 Å². The molecule has 2 amide bonds. The fourth-order valence-corrected chi connectivity index (χ4v) is 3.53. The molecule has 0 aliphatic heterocycles. The third-order valence-electron chi connectivity index (χ3n) is 4.88. The molecule has 0 saturated heterocycles. The number of hydrogen-bond acceptors (Lipinski definition) is 4. The fraction of sp³-hybridized carbons (Fsp3) is 0.261. The standard InChI is InChI=1S/C23H24FN3O5/c1-13(2)11-27-21(26(3)23(30)31)20(14-4-6-15(24)7-5-14)18-10-16(32-12-19(25)28)8-9-17(18)22(27)29/h4-10,13H,11-12H2,1-3H3,(H2,25,28)(H,30,31). The zero-order valence-electron chi connectivity index (χ0n) is 18.0. The molecule has 32 heavy (non-hydrogen) atoms. The smallest absolute Gasteiger partial charge is 0.412 e. The van der Waals surface area contributed by atoms with E-state index in [-0.39, 0.29) is 36.2 Å². The molecule has 0 bridgehead atoms. The first-order valence-electron chi connectivity index (χ1n) is 9.94. The average molecular weight is 441 g/mol. The number of ether oxygens (including phenoxy) is 1. The molecule has 8 nitrogen and oxygen atoms in total. The van der Waals surface area contributed by atoms with Gasteiger partial charge in [-0.3, -0.25) is 19.1 Å². The summed E-state index contributed by atoms with van der Waals surface area (Å²) in [4.78, 5) is 37.4. The number of rotatable bonds is 7. The first-order valence-corrected chi connectivity index (χ1v) is 9.94. The van der Waals surface area contributed by atoms with E-state index < -0.39 is 17.8 Å². The number of carbonyl (C=O) groups is 2. The molecular weight excluding hydrogens is 417 g/mol. The highest BCUT2D eigenvalue weighted by Gasteiger charge is 2.25. The molecule has 3 rings (SSSR count). The summed E-state index contributed by atoms with van der Waals surface area (Å²) >= 11 is 0. The number of carboxylic acid groups (broad SMARTS) is 1. The summed E-state index contributed by atoms with van der Waals surface area (Å²) in [5.74, 6) is -0.632. The van der Waals surface area contributed by atoms with Gasteiger partial charge >= 0.3 is 6.09 Å². The number of carbonyl (C=O) groups excluding carboxylic acids is 1. The quantitative estimate of drug-likeness (QED) is 0.583. The van der Waals surface area contributed by atoms with Crippen molar-refractivity contribution in [3.05, 3.63) is 58.6 Å². The topological polar surface area (TPSA) is 115 Å². The third kappa shape index (κ3) is 4.56. The van der Waals surface area contributed by atoms with E-state index in [1.54, 1.807) is 18.2 Å². The normalized spacial score (nSPS) is 11.0. The first kappa shape index (κ1) is 22.8. The maximum absolute atomic E-state index is 13.6. The van der Waals surface area contributed by atoms with Gasteiger partial charge in [0.15, 0.2) is 6.61 Å². The van der Waals surface area contributed by atoms with Gasteiger partial charge in [-0.2, -0.15) is 0 Å². The lowest BCUT2D eigenvalue weighted by Crippen LogP contribution is -2.34. The van der Waals surface area contributed by atoms with Gasteiger partial charge in [0, 0.05) is 29.9 Å². The van der Waals surface area contributed by atoms with Crippen LogP contribution >= 0.6 is 0 Å². The van der Waals surface area contributed by atoms with E-state index in [0.717, 1.165) is 4.90 Å². The molecule has 0 unspecified atom stereocenters. The number of benzene rings is 2. The molecule has 0 atom stereocenters. The minimum absolute atomic E-state index is 0.0466. The van der Waals surface area contributed by atoms with Crippen LogP contribution in [0.25, 0.3) is 21.9 Å². The molecule has 0 aliphatic carbocycles. The predicted molar refractivity (Wildman–Crippen MR) is 120 cm³/mol. The molecule has 0 radical (unpaired) electrons. The summed E-state index contributed by atoms with van der Waals surface area (Å²) in [7, 11) is 1.35. The highest BCUT2D eigenvalue weighted by Crippen LogP contribution is 2.37. The van der Waals surface area contributed by atoms with Gasteiger partial charge in [-0.1, -0.05) is 26.0 Å². The largest absolute Gasteiger partial charge is 0.484 e. The minimum atomic E-state index is -1.26. The predicted octanol–water partition coefficient (Wildman–Crippen LogP) is 3.44. The van der Waals surface area contributed by atoms with Gasteiger partial charge in [0.2, 0.25) is 0 Å². The molecule has 2 aromatic carbocycles. The van der Waals surface area contributed by atoms with Crippen LogP contribution < -0.4 is 20.9 Å². The number of amides is 2. The van der Waals surface area contributed by atoms with Crippen LogP contribution in [-0.4, -0.2) is 35.3 Å². The Bertz CT molecular complexity index is 1240. The molecule has 0 spiro atoms. The Hall–Kier alpha value is -3.88. The van der Waals surface area contributed by atoms with Crippen molar-refractivity contribution in [1.29, 1.82) is 0 Å². The number of fused-ring (bicyclic) bond motifs is 1. The molecule has 0 aliphatic rings. The number of anilines is 1.